The number of halogens is 1. The number of hydrogen-bond acceptors (Lipinski definition) is 3. The Balaban J connectivity index is 2.57. The second-order valence-corrected chi connectivity index (χ2v) is 3.83. The lowest BCUT2D eigenvalue weighted by Crippen LogP contribution is -1.99. The Bertz CT molecular complexity index is 607. The van der Waals surface area contributed by atoms with Gasteiger partial charge < -0.3 is 10.2 Å². The highest BCUT2D eigenvalue weighted by Gasteiger charge is 2.15. The normalized spacial score (nSPS) is 10.6. The van der Waals surface area contributed by atoms with Crippen LogP contribution in [0.3, 0.4) is 0 Å². The van der Waals surface area contributed by atoms with Gasteiger partial charge in [0.25, 0.3) is 0 Å². The highest BCUT2D eigenvalue weighted by molar-refractivity contribution is 5.87. The predicted octanol–water partition coefficient (Wildman–Crippen LogP) is 1.96. The van der Waals surface area contributed by atoms with Crippen LogP contribution in [0.1, 0.15) is 16.1 Å². The zero-order valence-corrected chi connectivity index (χ0v) is 9.59. The van der Waals surface area contributed by atoms with Crippen LogP contribution in [0.4, 0.5) is 4.39 Å². The van der Waals surface area contributed by atoms with Crippen molar-refractivity contribution in [1.29, 1.82) is 0 Å². The number of aromatic hydroxyl groups is 1. The largest absolute Gasteiger partial charge is 0.507 e. The van der Waals surface area contributed by atoms with Crippen molar-refractivity contribution >= 4 is 5.97 Å². The number of rotatable bonds is 3. The Hall–Kier alpha value is -2.37. The summed E-state index contributed by atoms with van der Waals surface area (Å²) in [6.45, 7) is -0.656. The summed E-state index contributed by atoms with van der Waals surface area (Å²) in [6, 6.07) is 5.64. The first-order valence-corrected chi connectivity index (χ1v) is 5.18. The molecule has 1 aromatic heterocycles. The number of phenolic OH excluding ortho intramolecular Hbond substituents is 1. The maximum atomic E-state index is 12.6. The summed E-state index contributed by atoms with van der Waals surface area (Å²) in [7, 11) is 1.56. The minimum absolute atomic E-state index is 0.0489. The summed E-state index contributed by atoms with van der Waals surface area (Å²) in [5, 5.41) is 22.4. The minimum Gasteiger partial charge on any atom is -0.507 e. The molecule has 6 heteroatoms. The van der Waals surface area contributed by atoms with Gasteiger partial charge in [-0.05, 0) is 23.8 Å². The molecule has 0 bridgehead atoms. The van der Waals surface area contributed by atoms with Crippen LogP contribution in [0.25, 0.3) is 11.3 Å². The van der Waals surface area contributed by atoms with E-state index < -0.39 is 12.6 Å². The van der Waals surface area contributed by atoms with Gasteiger partial charge in [0.05, 0.1) is 5.69 Å². The van der Waals surface area contributed by atoms with Gasteiger partial charge in [0.1, 0.15) is 12.4 Å². The van der Waals surface area contributed by atoms with Gasteiger partial charge >= 0.3 is 5.97 Å². The molecule has 0 amide bonds. The van der Waals surface area contributed by atoms with Crippen LogP contribution in [-0.2, 0) is 13.7 Å². The van der Waals surface area contributed by atoms with E-state index in [9.17, 15) is 14.3 Å². The van der Waals surface area contributed by atoms with Crippen molar-refractivity contribution in [3.05, 3.63) is 35.5 Å². The fourth-order valence-electron chi connectivity index (χ4n) is 1.70. The second-order valence-electron chi connectivity index (χ2n) is 3.83. The van der Waals surface area contributed by atoms with Crippen molar-refractivity contribution in [3.8, 4) is 17.0 Å². The second kappa shape index (κ2) is 4.48. The van der Waals surface area contributed by atoms with Gasteiger partial charge in [0.2, 0.25) is 0 Å². The van der Waals surface area contributed by atoms with Crippen molar-refractivity contribution in [2.24, 2.45) is 7.05 Å². The van der Waals surface area contributed by atoms with Crippen LogP contribution < -0.4 is 0 Å². The zero-order valence-electron chi connectivity index (χ0n) is 9.59. The number of aromatic nitrogens is 2. The van der Waals surface area contributed by atoms with Crippen molar-refractivity contribution < 1.29 is 19.4 Å². The summed E-state index contributed by atoms with van der Waals surface area (Å²) in [5.41, 5.74) is 1.05. The van der Waals surface area contributed by atoms with Gasteiger partial charge in [-0.2, -0.15) is 5.10 Å². The minimum atomic E-state index is -1.15. The van der Waals surface area contributed by atoms with Crippen molar-refractivity contribution in [2.75, 3.05) is 0 Å². The van der Waals surface area contributed by atoms with Crippen LogP contribution in [0, 0.1) is 0 Å². The molecule has 0 unspecified atom stereocenters. The topological polar surface area (TPSA) is 75.4 Å². The first-order valence-electron chi connectivity index (χ1n) is 5.18. The molecular formula is C12H11FN2O3. The lowest BCUT2D eigenvalue weighted by molar-refractivity contribution is 0.0689. The number of aromatic carboxylic acids is 1. The molecule has 2 aromatic rings. The number of carbonyl (C=O) groups is 1. The maximum absolute atomic E-state index is 12.6. The van der Waals surface area contributed by atoms with E-state index in [4.69, 9.17) is 5.11 Å². The number of nitrogens with zero attached hydrogens (tertiary/aromatic N) is 2. The molecule has 94 valence electrons. The van der Waals surface area contributed by atoms with Gasteiger partial charge in [-0.3, -0.25) is 4.68 Å². The molecule has 0 atom stereocenters. The number of aryl methyl sites for hydroxylation is 1. The number of carboxylic acid groups (broad SMARTS) is 1. The molecule has 0 aliphatic heterocycles. The van der Waals surface area contributed by atoms with Crippen molar-refractivity contribution in [3.63, 3.8) is 0 Å². The monoisotopic (exact) mass is 250 g/mol. The molecule has 1 heterocycles. The standard InChI is InChI=1S/C12H11FN2O3/c1-15-10(5-9(14-15)12(17)18)8-4-7(6-13)2-3-11(8)16/h2-5,16H,6H2,1H3,(H,17,18). The third-order valence-electron chi connectivity index (χ3n) is 2.59. The van der Waals surface area contributed by atoms with Crippen LogP contribution in [0.2, 0.25) is 0 Å². The lowest BCUT2D eigenvalue weighted by atomic mass is 10.1. The van der Waals surface area contributed by atoms with E-state index in [2.05, 4.69) is 5.10 Å². The van der Waals surface area contributed by atoms with Crippen LogP contribution in [0.15, 0.2) is 24.3 Å². The molecule has 0 aliphatic carbocycles. The van der Waals surface area contributed by atoms with Crippen LogP contribution in [0.5, 0.6) is 5.75 Å². The summed E-state index contributed by atoms with van der Waals surface area (Å²) in [6.07, 6.45) is 0. The number of carboxylic acids is 1. The third-order valence-corrected chi connectivity index (χ3v) is 2.59. The molecule has 5 nitrogen and oxygen atoms in total. The zero-order chi connectivity index (χ0) is 13.3. The first-order chi connectivity index (χ1) is 8.52. The SMILES string of the molecule is Cn1nc(C(=O)O)cc1-c1cc(CF)ccc1O. The Labute approximate surface area is 102 Å². The molecule has 0 saturated carbocycles. The van der Waals surface area contributed by atoms with E-state index in [0.717, 1.165) is 0 Å². The Morgan fingerprint density at radius 1 is 1.44 bits per heavy atom. The number of alkyl halides is 1. The first kappa shape index (κ1) is 12.1. The molecule has 2 N–H and O–H groups in total. The molecule has 0 radical (unpaired) electrons. The smallest absolute Gasteiger partial charge is 0.356 e. The average molecular weight is 250 g/mol. The highest BCUT2D eigenvalue weighted by Crippen LogP contribution is 2.30. The van der Waals surface area contributed by atoms with Gasteiger partial charge in [-0.25, -0.2) is 9.18 Å². The summed E-state index contributed by atoms with van der Waals surface area (Å²) >= 11 is 0. The predicted molar refractivity (Wildman–Crippen MR) is 62.1 cm³/mol. The summed E-state index contributed by atoms with van der Waals surface area (Å²) < 4.78 is 13.9. The van der Waals surface area contributed by atoms with Crippen LogP contribution >= 0.6 is 0 Å². The quantitative estimate of drug-likeness (QED) is 0.873. The summed E-state index contributed by atoms with van der Waals surface area (Å²) in [5.74, 6) is -1.20. The number of hydrogen-bond donors (Lipinski definition) is 2. The van der Waals surface area contributed by atoms with Gasteiger partial charge in [0.15, 0.2) is 5.69 Å². The van der Waals surface area contributed by atoms with Crippen molar-refractivity contribution in [2.45, 2.75) is 6.67 Å². The molecular weight excluding hydrogens is 239 g/mol. The molecule has 0 spiro atoms. The van der Waals surface area contributed by atoms with E-state index >= 15 is 0 Å². The Morgan fingerprint density at radius 3 is 2.72 bits per heavy atom. The van der Waals surface area contributed by atoms with Gasteiger partial charge in [0, 0.05) is 12.6 Å². The lowest BCUT2D eigenvalue weighted by Gasteiger charge is -2.06. The third kappa shape index (κ3) is 2.04. The molecule has 2 rings (SSSR count). The summed E-state index contributed by atoms with van der Waals surface area (Å²) in [4.78, 5) is 10.8. The molecule has 1 aromatic carbocycles. The fourth-order valence-corrected chi connectivity index (χ4v) is 1.70. The highest BCUT2D eigenvalue weighted by atomic mass is 19.1. The maximum Gasteiger partial charge on any atom is 0.356 e. The number of benzene rings is 1. The number of phenols is 1. The van der Waals surface area contributed by atoms with E-state index in [1.54, 1.807) is 7.05 Å². The molecule has 18 heavy (non-hydrogen) atoms. The average Bonchev–Trinajstić information content (AvgIpc) is 2.72. The van der Waals surface area contributed by atoms with Gasteiger partial charge in [-0.15, -0.1) is 0 Å². The molecule has 0 saturated heterocycles. The van der Waals surface area contributed by atoms with E-state index in [-0.39, 0.29) is 11.4 Å². The van der Waals surface area contributed by atoms with E-state index in [1.807, 2.05) is 0 Å². The van der Waals surface area contributed by atoms with Crippen molar-refractivity contribution in [1.82, 2.24) is 9.78 Å². The molecule has 0 aliphatic rings. The van der Waals surface area contributed by atoms with E-state index in [1.165, 1.54) is 28.9 Å². The van der Waals surface area contributed by atoms with Gasteiger partial charge in [-0.1, -0.05) is 6.07 Å². The van der Waals surface area contributed by atoms with E-state index in [0.29, 0.717) is 16.8 Å². The van der Waals surface area contributed by atoms with Crippen LogP contribution in [-0.4, -0.2) is 26.0 Å². The molecule has 0 fully saturated rings. The fraction of sp³-hybridized carbons (Fsp3) is 0.167. The Kier molecular flexibility index (Phi) is 3.01. The Morgan fingerprint density at radius 2 is 2.17 bits per heavy atom.